The van der Waals surface area contributed by atoms with Crippen LogP contribution >= 0.6 is 0 Å². The van der Waals surface area contributed by atoms with Crippen molar-refractivity contribution in [2.45, 2.75) is 19.4 Å². The first-order valence-corrected chi connectivity index (χ1v) is 8.53. The van der Waals surface area contributed by atoms with E-state index in [2.05, 4.69) is 10.3 Å². The molecule has 0 saturated heterocycles. The molecule has 0 aliphatic heterocycles. The van der Waals surface area contributed by atoms with Gasteiger partial charge < -0.3 is 14.6 Å². The third-order valence-electron chi connectivity index (χ3n) is 4.36. The summed E-state index contributed by atoms with van der Waals surface area (Å²) in [4.78, 5) is 17.1. The van der Waals surface area contributed by atoms with E-state index in [1.807, 2.05) is 73.3 Å². The lowest BCUT2D eigenvalue weighted by molar-refractivity contribution is -0.121. The van der Waals surface area contributed by atoms with Gasteiger partial charge >= 0.3 is 0 Å². The van der Waals surface area contributed by atoms with E-state index >= 15 is 0 Å². The molecule has 0 aliphatic rings. The van der Waals surface area contributed by atoms with E-state index in [4.69, 9.17) is 4.74 Å². The predicted molar refractivity (Wildman–Crippen MR) is 101 cm³/mol. The number of carbonyl (C=O) groups is 1. The Kier molecular flexibility index (Phi) is 5.37. The Morgan fingerprint density at radius 2 is 1.92 bits per heavy atom. The molecule has 0 saturated carbocycles. The molecule has 1 N–H and O–H groups in total. The number of ether oxygens (including phenoxy) is 1. The largest absolute Gasteiger partial charge is 0.496 e. The van der Waals surface area contributed by atoms with E-state index in [9.17, 15) is 4.79 Å². The van der Waals surface area contributed by atoms with Crippen LogP contribution in [0.5, 0.6) is 5.75 Å². The number of nitrogens with zero attached hydrogens (tertiary/aromatic N) is 2. The van der Waals surface area contributed by atoms with Crippen molar-refractivity contribution in [1.82, 2.24) is 14.9 Å². The van der Waals surface area contributed by atoms with Crippen molar-refractivity contribution in [2.75, 3.05) is 7.11 Å². The molecule has 1 aromatic heterocycles. The van der Waals surface area contributed by atoms with Crippen molar-refractivity contribution in [3.05, 3.63) is 83.4 Å². The molecule has 3 rings (SSSR count). The van der Waals surface area contributed by atoms with Crippen LogP contribution < -0.4 is 10.1 Å². The lowest BCUT2D eigenvalue weighted by Crippen LogP contribution is -2.32. The molecule has 26 heavy (non-hydrogen) atoms. The van der Waals surface area contributed by atoms with Crippen LogP contribution in [0.15, 0.2) is 60.9 Å². The van der Waals surface area contributed by atoms with Gasteiger partial charge in [-0.05, 0) is 18.6 Å². The molecule has 0 bridgehead atoms. The van der Waals surface area contributed by atoms with Gasteiger partial charge in [-0.25, -0.2) is 4.98 Å². The van der Waals surface area contributed by atoms with Crippen LogP contribution in [0, 0.1) is 6.92 Å². The average molecular weight is 349 g/mol. The number of benzene rings is 2. The van der Waals surface area contributed by atoms with Gasteiger partial charge in [-0.3, -0.25) is 4.79 Å². The normalized spacial score (nSPS) is 11.8. The quantitative estimate of drug-likeness (QED) is 0.744. The van der Waals surface area contributed by atoms with Gasteiger partial charge in [-0.2, -0.15) is 0 Å². The van der Waals surface area contributed by atoms with E-state index in [0.717, 1.165) is 22.7 Å². The second-order valence-corrected chi connectivity index (χ2v) is 6.30. The molecule has 1 amide bonds. The number of nitrogens with one attached hydrogen (secondary N) is 1. The average Bonchev–Trinajstić information content (AvgIpc) is 3.07. The van der Waals surface area contributed by atoms with Gasteiger partial charge in [0.25, 0.3) is 0 Å². The van der Waals surface area contributed by atoms with Crippen LogP contribution in [0.25, 0.3) is 0 Å². The van der Waals surface area contributed by atoms with Crippen LogP contribution in [0.1, 0.15) is 28.6 Å². The summed E-state index contributed by atoms with van der Waals surface area (Å²) in [5.41, 5.74) is 3.03. The monoisotopic (exact) mass is 349 g/mol. The number of methoxy groups -OCH3 is 1. The minimum absolute atomic E-state index is 0.0623. The number of aryl methyl sites for hydroxylation is 2. The van der Waals surface area contributed by atoms with E-state index in [1.165, 1.54) is 5.56 Å². The maximum Gasteiger partial charge on any atom is 0.225 e. The maximum atomic E-state index is 12.7. The highest BCUT2D eigenvalue weighted by atomic mass is 16.5. The summed E-state index contributed by atoms with van der Waals surface area (Å²) in [5, 5.41) is 3.11. The molecular weight excluding hydrogens is 326 g/mol. The zero-order valence-electron chi connectivity index (χ0n) is 15.3. The Morgan fingerprint density at radius 1 is 1.19 bits per heavy atom. The van der Waals surface area contributed by atoms with Crippen molar-refractivity contribution >= 4 is 5.91 Å². The minimum atomic E-state index is -0.385. The topological polar surface area (TPSA) is 56.1 Å². The molecule has 0 radical (unpaired) electrons. The SMILES string of the molecule is COc1ccccc1[C@@H](NC(=O)Cc1ccc(C)cc1)c1nccn1C. The third kappa shape index (κ3) is 3.94. The van der Waals surface area contributed by atoms with E-state index in [1.54, 1.807) is 13.3 Å². The van der Waals surface area contributed by atoms with Gasteiger partial charge in [0.1, 0.15) is 17.6 Å². The van der Waals surface area contributed by atoms with Crippen LogP contribution in [-0.4, -0.2) is 22.6 Å². The van der Waals surface area contributed by atoms with E-state index in [-0.39, 0.29) is 11.9 Å². The van der Waals surface area contributed by atoms with Crippen molar-refractivity contribution in [1.29, 1.82) is 0 Å². The molecule has 1 atom stereocenters. The lowest BCUT2D eigenvalue weighted by atomic mass is 10.0. The summed E-state index contributed by atoms with van der Waals surface area (Å²) in [6, 6.07) is 15.3. The summed E-state index contributed by atoms with van der Waals surface area (Å²) in [7, 11) is 3.54. The molecule has 0 fully saturated rings. The van der Waals surface area contributed by atoms with Gasteiger partial charge in [0, 0.05) is 25.0 Å². The molecule has 3 aromatic rings. The molecule has 0 aliphatic carbocycles. The fraction of sp³-hybridized carbons (Fsp3) is 0.238. The third-order valence-corrected chi connectivity index (χ3v) is 4.36. The van der Waals surface area contributed by atoms with Crippen molar-refractivity contribution < 1.29 is 9.53 Å². The Bertz CT molecular complexity index is 884. The van der Waals surface area contributed by atoms with E-state index < -0.39 is 0 Å². The Labute approximate surface area is 153 Å². The molecule has 0 unspecified atom stereocenters. The summed E-state index contributed by atoms with van der Waals surface area (Å²) in [6.07, 6.45) is 3.91. The molecule has 2 aromatic carbocycles. The van der Waals surface area contributed by atoms with Gasteiger partial charge in [0.2, 0.25) is 5.91 Å². The molecule has 5 nitrogen and oxygen atoms in total. The number of hydrogen-bond acceptors (Lipinski definition) is 3. The number of para-hydroxylation sites is 1. The highest BCUT2D eigenvalue weighted by Crippen LogP contribution is 2.29. The van der Waals surface area contributed by atoms with Crippen molar-refractivity contribution in [3.63, 3.8) is 0 Å². The Balaban J connectivity index is 1.88. The zero-order chi connectivity index (χ0) is 18.5. The molecule has 5 heteroatoms. The van der Waals surface area contributed by atoms with Gasteiger partial charge in [-0.15, -0.1) is 0 Å². The number of carbonyl (C=O) groups excluding carboxylic acids is 1. The second kappa shape index (κ2) is 7.87. The number of hydrogen-bond donors (Lipinski definition) is 1. The predicted octanol–water partition coefficient (Wildman–Crippen LogP) is 3.19. The molecule has 134 valence electrons. The van der Waals surface area contributed by atoms with Gasteiger partial charge in [0.15, 0.2) is 0 Å². The Hall–Kier alpha value is -3.08. The number of imidazole rings is 1. The summed E-state index contributed by atoms with van der Waals surface area (Å²) < 4.78 is 7.39. The summed E-state index contributed by atoms with van der Waals surface area (Å²) in [5.74, 6) is 1.41. The number of rotatable bonds is 6. The summed E-state index contributed by atoms with van der Waals surface area (Å²) in [6.45, 7) is 2.03. The first-order valence-electron chi connectivity index (χ1n) is 8.53. The standard InChI is InChI=1S/C21H23N3O2/c1-15-8-10-16(11-9-15)14-19(25)23-20(21-22-12-13-24(21)2)17-6-4-5-7-18(17)26-3/h4-13,20H,14H2,1-3H3,(H,23,25)/t20-/m1/s1. The van der Waals surface area contributed by atoms with E-state index in [0.29, 0.717) is 6.42 Å². The highest BCUT2D eigenvalue weighted by Gasteiger charge is 2.23. The number of amides is 1. The first kappa shape index (κ1) is 17.7. The van der Waals surface area contributed by atoms with Crippen LogP contribution in [-0.2, 0) is 18.3 Å². The molecular formula is C21H23N3O2. The fourth-order valence-electron chi connectivity index (χ4n) is 2.94. The molecule has 1 heterocycles. The second-order valence-electron chi connectivity index (χ2n) is 6.30. The fourth-order valence-corrected chi connectivity index (χ4v) is 2.94. The highest BCUT2D eigenvalue weighted by molar-refractivity contribution is 5.79. The number of aromatic nitrogens is 2. The van der Waals surface area contributed by atoms with Crippen LogP contribution in [0.4, 0.5) is 0 Å². The van der Waals surface area contributed by atoms with Gasteiger partial charge in [0.05, 0.1) is 13.5 Å². The van der Waals surface area contributed by atoms with Gasteiger partial charge in [-0.1, -0.05) is 48.0 Å². The lowest BCUT2D eigenvalue weighted by Gasteiger charge is -2.21. The zero-order valence-corrected chi connectivity index (χ0v) is 15.3. The van der Waals surface area contributed by atoms with Crippen LogP contribution in [0.2, 0.25) is 0 Å². The summed E-state index contributed by atoms with van der Waals surface area (Å²) >= 11 is 0. The smallest absolute Gasteiger partial charge is 0.225 e. The van der Waals surface area contributed by atoms with Crippen LogP contribution in [0.3, 0.4) is 0 Å². The van der Waals surface area contributed by atoms with Crippen molar-refractivity contribution in [2.24, 2.45) is 7.05 Å². The first-order chi connectivity index (χ1) is 12.6. The Morgan fingerprint density at radius 3 is 2.58 bits per heavy atom. The molecule has 0 spiro atoms. The van der Waals surface area contributed by atoms with Crippen molar-refractivity contribution in [3.8, 4) is 5.75 Å². The maximum absolute atomic E-state index is 12.7. The minimum Gasteiger partial charge on any atom is -0.496 e.